The normalized spacial score (nSPS) is 29.4. The fourth-order valence-electron chi connectivity index (χ4n) is 3.12. The highest BCUT2D eigenvalue weighted by atomic mass is 16.5. The Morgan fingerprint density at radius 2 is 2.00 bits per heavy atom. The van der Waals surface area contributed by atoms with Crippen LogP contribution < -0.4 is 10.6 Å². The third kappa shape index (κ3) is 4.10. The zero-order valence-corrected chi connectivity index (χ0v) is 14.5. The first-order valence-corrected chi connectivity index (χ1v) is 7.71. The number of aliphatic hydroxyl groups is 1. The molecule has 0 aromatic heterocycles. The molecule has 0 bridgehead atoms. The van der Waals surface area contributed by atoms with E-state index in [1.54, 1.807) is 14.0 Å². The van der Waals surface area contributed by atoms with Crippen molar-refractivity contribution >= 4 is 6.03 Å². The van der Waals surface area contributed by atoms with Gasteiger partial charge in [-0.2, -0.15) is 0 Å². The number of carbonyl (C=O) groups is 1. The summed E-state index contributed by atoms with van der Waals surface area (Å²) in [7, 11) is 1.72. The maximum atomic E-state index is 12.0. The summed E-state index contributed by atoms with van der Waals surface area (Å²) in [5, 5.41) is 15.4. The third-order valence-electron chi connectivity index (χ3n) is 5.16. The first kappa shape index (κ1) is 18.2. The summed E-state index contributed by atoms with van der Waals surface area (Å²) in [4.78, 5) is 12.0. The van der Waals surface area contributed by atoms with E-state index >= 15 is 0 Å². The van der Waals surface area contributed by atoms with Gasteiger partial charge >= 0.3 is 6.03 Å². The molecule has 0 saturated heterocycles. The molecule has 0 spiro atoms. The molecule has 124 valence electrons. The Morgan fingerprint density at radius 1 is 1.43 bits per heavy atom. The van der Waals surface area contributed by atoms with Crippen molar-refractivity contribution in [2.75, 3.05) is 13.7 Å². The molecular formula is C16H32N2O3. The van der Waals surface area contributed by atoms with Gasteiger partial charge in [0.25, 0.3) is 0 Å². The van der Waals surface area contributed by atoms with Crippen LogP contribution in [0.1, 0.15) is 54.4 Å². The van der Waals surface area contributed by atoms with Crippen LogP contribution in [0.2, 0.25) is 0 Å². The molecule has 3 unspecified atom stereocenters. The highest BCUT2D eigenvalue weighted by molar-refractivity contribution is 5.74. The Kier molecular flexibility index (Phi) is 5.32. The van der Waals surface area contributed by atoms with E-state index in [4.69, 9.17) is 4.74 Å². The van der Waals surface area contributed by atoms with Crippen LogP contribution >= 0.6 is 0 Å². The van der Waals surface area contributed by atoms with Crippen molar-refractivity contribution in [2.45, 2.75) is 72.1 Å². The SMILES string of the molecule is COC1(C)CC(NC(=O)NCC(C)(C)CC(C)O)C1(C)C. The molecule has 0 aromatic carbocycles. The van der Waals surface area contributed by atoms with Crippen LogP contribution in [0.4, 0.5) is 4.79 Å². The molecule has 5 heteroatoms. The van der Waals surface area contributed by atoms with E-state index in [0.29, 0.717) is 13.0 Å². The second-order valence-electron chi connectivity index (χ2n) is 7.96. The number of ether oxygens (including phenoxy) is 1. The highest BCUT2D eigenvalue weighted by Gasteiger charge is 2.58. The van der Waals surface area contributed by atoms with Crippen molar-refractivity contribution in [1.82, 2.24) is 10.6 Å². The monoisotopic (exact) mass is 300 g/mol. The summed E-state index contributed by atoms with van der Waals surface area (Å²) in [5.41, 5.74) is -0.396. The number of rotatable bonds is 6. The van der Waals surface area contributed by atoms with Crippen LogP contribution in [0, 0.1) is 10.8 Å². The summed E-state index contributed by atoms with van der Waals surface area (Å²) < 4.78 is 5.56. The van der Waals surface area contributed by atoms with Gasteiger partial charge in [0.1, 0.15) is 0 Å². The van der Waals surface area contributed by atoms with Crippen molar-refractivity contribution in [2.24, 2.45) is 10.8 Å². The van der Waals surface area contributed by atoms with Crippen LogP contribution in [0.15, 0.2) is 0 Å². The fourth-order valence-corrected chi connectivity index (χ4v) is 3.12. The lowest BCUT2D eigenvalue weighted by Gasteiger charge is -2.59. The highest BCUT2D eigenvalue weighted by Crippen LogP contribution is 2.51. The van der Waals surface area contributed by atoms with E-state index < -0.39 is 0 Å². The number of aliphatic hydroxyl groups excluding tert-OH is 1. The van der Waals surface area contributed by atoms with Crippen molar-refractivity contribution in [3.05, 3.63) is 0 Å². The van der Waals surface area contributed by atoms with Crippen LogP contribution in [0.5, 0.6) is 0 Å². The lowest BCUT2D eigenvalue weighted by atomic mass is 9.56. The predicted octanol–water partition coefficient (Wildman–Crippen LogP) is 2.29. The van der Waals surface area contributed by atoms with E-state index in [2.05, 4.69) is 31.4 Å². The second kappa shape index (κ2) is 6.13. The molecule has 0 aliphatic heterocycles. The first-order valence-electron chi connectivity index (χ1n) is 7.71. The smallest absolute Gasteiger partial charge is 0.315 e. The maximum Gasteiger partial charge on any atom is 0.315 e. The molecule has 3 atom stereocenters. The van der Waals surface area contributed by atoms with Gasteiger partial charge in [-0.05, 0) is 32.1 Å². The zero-order chi connectivity index (χ0) is 16.5. The van der Waals surface area contributed by atoms with Gasteiger partial charge in [0.15, 0.2) is 0 Å². The number of hydrogen-bond donors (Lipinski definition) is 3. The molecule has 1 aliphatic rings. The molecule has 1 saturated carbocycles. The van der Waals surface area contributed by atoms with Gasteiger partial charge < -0.3 is 20.5 Å². The van der Waals surface area contributed by atoms with Crippen molar-refractivity contribution < 1.29 is 14.6 Å². The van der Waals surface area contributed by atoms with E-state index in [1.165, 1.54) is 0 Å². The summed E-state index contributed by atoms with van der Waals surface area (Å²) >= 11 is 0. The number of amides is 2. The number of hydrogen-bond acceptors (Lipinski definition) is 3. The minimum Gasteiger partial charge on any atom is -0.393 e. The second-order valence-corrected chi connectivity index (χ2v) is 7.96. The summed E-state index contributed by atoms with van der Waals surface area (Å²) in [5.74, 6) is 0. The van der Waals surface area contributed by atoms with Gasteiger partial charge in [-0.1, -0.05) is 27.7 Å². The van der Waals surface area contributed by atoms with Gasteiger partial charge in [0.05, 0.1) is 11.7 Å². The summed E-state index contributed by atoms with van der Waals surface area (Å²) in [6.07, 6.45) is 1.11. The predicted molar refractivity (Wildman–Crippen MR) is 84.2 cm³/mol. The standard InChI is InChI=1S/C16H32N2O3/c1-11(19)8-14(2,3)10-17-13(20)18-12-9-16(6,21-7)15(12,4)5/h11-12,19H,8-10H2,1-7H3,(H2,17,18,20). The fraction of sp³-hybridized carbons (Fsp3) is 0.938. The van der Waals surface area contributed by atoms with Gasteiger partial charge in [0, 0.05) is 25.1 Å². The lowest BCUT2D eigenvalue weighted by molar-refractivity contribution is -0.177. The average Bonchev–Trinajstić information content (AvgIpc) is 2.34. The van der Waals surface area contributed by atoms with Crippen molar-refractivity contribution in [1.29, 1.82) is 0 Å². The molecule has 0 heterocycles. The van der Waals surface area contributed by atoms with Gasteiger partial charge in [-0.25, -0.2) is 4.79 Å². The summed E-state index contributed by atoms with van der Waals surface area (Å²) in [6.45, 7) is 12.7. The molecule has 1 aliphatic carbocycles. The molecule has 3 N–H and O–H groups in total. The Hall–Kier alpha value is -0.810. The Morgan fingerprint density at radius 3 is 2.43 bits per heavy atom. The van der Waals surface area contributed by atoms with Crippen LogP contribution in [-0.4, -0.2) is 42.5 Å². The van der Waals surface area contributed by atoms with Gasteiger partial charge in [-0.3, -0.25) is 0 Å². The minimum absolute atomic E-state index is 0.0891. The number of nitrogens with one attached hydrogen (secondary N) is 2. The molecule has 1 fully saturated rings. The number of methoxy groups -OCH3 is 1. The van der Waals surface area contributed by atoms with Crippen LogP contribution in [0.25, 0.3) is 0 Å². The Labute approximate surface area is 128 Å². The minimum atomic E-state index is -0.363. The molecule has 1 rings (SSSR count). The topological polar surface area (TPSA) is 70.6 Å². The third-order valence-corrected chi connectivity index (χ3v) is 5.16. The molecule has 0 aromatic rings. The van der Waals surface area contributed by atoms with E-state index in [1.807, 2.05) is 13.8 Å². The van der Waals surface area contributed by atoms with Crippen molar-refractivity contribution in [3.63, 3.8) is 0 Å². The largest absolute Gasteiger partial charge is 0.393 e. The molecule has 2 amide bonds. The molecule has 21 heavy (non-hydrogen) atoms. The van der Waals surface area contributed by atoms with Gasteiger partial charge in [0.2, 0.25) is 0 Å². The van der Waals surface area contributed by atoms with E-state index in [-0.39, 0.29) is 34.6 Å². The van der Waals surface area contributed by atoms with E-state index in [0.717, 1.165) is 6.42 Å². The first-order chi connectivity index (χ1) is 9.43. The van der Waals surface area contributed by atoms with E-state index in [9.17, 15) is 9.90 Å². The van der Waals surface area contributed by atoms with Crippen LogP contribution in [0.3, 0.4) is 0 Å². The summed E-state index contributed by atoms with van der Waals surface area (Å²) in [6, 6.07) is -0.0350. The Balaban J connectivity index is 2.43. The quantitative estimate of drug-likeness (QED) is 0.705. The maximum absolute atomic E-state index is 12.0. The Bertz CT molecular complexity index is 380. The molecule has 0 radical (unpaired) electrons. The zero-order valence-electron chi connectivity index (χ0n) is 14.5. The molecule has 5 nitrogen and oxygen atoms in total. The average molecular weight is 300 g/mol. The number of carbonyl (C=O) groups excluding carboxylic acids is 1. The lowest BCUT2D eigenvalue weighted by Crippen LogP contribution is -2.69. The number of urea groups is 1. The molecular weight excluding hydrogens is 268 g/mol. The van der Waals surface area contributed by atoms with Crippen molar-refractivity contribution in [3.8, 4) is 0 Å². The van der Waals surface area contributed by atoms with Gasteiger partial charge in [-0.15, -0.1) is 0 Å². The van der Waals surface area contributed by atoms with Crippen LogP contribution in [-0.2, 0) is 4.74 Å².